The molecule has 1 aromatic heterocycles. The summed E-state index contributed by atoms with van der Waals surface area (Å²) in [5.41, 5.74) is 3.53. The molecular weight excluding hydrogens is 278 g/mol. The molecule has 0 radical (unpaired) electrons. The first kappa shape index (κ1) is 12.1. The van der Waals surface area contributed by atoms with Gasteiger partial charge in [0.2, 0.25) is 5.88 Å². The molecule has 2 aromatic rings. The maximum atomic E-state index is 5.80. The number of benzene rings is 1. The Kier molecular flexibility index (Phi) is 3.79. The highest BCUT2D eigenvalue weighted by Crippen LogP contribution is 2.25. The first-order chi connectivity index (χ1) is 8.20. The molecule has 0 saturated carbocycles. The van der Waals surface area contributed by atoms with Gasteiger partial charge in [-0.15, -0.1) is 0 Å². The van der Waals surface area contributed by atoms with Crippen LogP contribution in [0.4, 0.5) is 0 Å². The molecule has 0 N–H and O–H groups in total. The van der Waals surface area contributed by atoms with Gasteiger partial charge in [-0.2, -0.15) is 0 Å². The van der Waals surface area contributed by atoms with E-state index in [4.69, 9.17) is 4.74 Å². The van der Waals surface area contributed by atoms with E-state index in [1.807, 2.05) is 24.3 Å². The average Bonchev–Trinajstić information content (AvgIpc) is 2.34. The summed E-state index contributed by atoms with van der Waals surface area (Å²) in [5, 5.41) is 0.737. The zero-order valence-corrected chi connectivity index (χ0v) is 11.5. The lowest BCUT2D eigenvalue weighted by Crippen LogP contribution is -1.93. The van der Waals surface area contributed by atoms with Crippen molar-refractivity contribution < 1.29 is 4.74 Å². The number of alkyl halides is 1. The predicted octanol–water partition coefficient (Wildman–Crippen LogP) is 4.39. The summed E-state index contributed by atoms with van der Waals surface area (Å²) in [4.78, 5) is 4.24. The van der Waals surface area contributed by atoms with Gasteiger partial charge in [0.25, 0.3) is 0 Å². The predicted molar refractivity (Wildman–Crippen MR) is 72.9 cm³/mol. The second-order valence-electron chi connectivity index (χ2n) is 3.95. The summed E-state index contributed by atoms with van der Waals surface area (Å²) < 4.78 is 5.80. The van der Waals surface area contributed by atoms with Crippen molar-refractivity contribution >= 4 is 15.9 Å². The first-order valence-corrected chi connectivity index (χ1v) is 6.58. The van der Waals surface area contributed by atoms with Crippen molar-refractivity contribution in [3.8, 4) is 11.6 Å². The van der Waals surface area contributed by atoms with Crippen molar-refractivity contribution in [1.29, 1.82) is 0 Å². The van der Waals surface area contributed by atoms with Gasteiger partial charge in [0.1, 0.15) is 5.75 Å². The van der Waals surface area contributed by atoms with Crippen LogP contribution in [-0.2, 0) is 5.33 Å². The largest absolute Gasteiger partial charge is 0.439 e. The SMILES string of the molecule is Cc1ccc(Oc2ncccc2CBr)cc1C. The second kappa shape index (κ2) is 5.32. The molecule has 0 saturated heterocycles. The van der Waals surface area contributed by atoms with E-state index < -0.39 is 0 Å². The van der Waals surface area contributed by atoms with Gasteiger partial charge in [-0.1, -0.05) is 28.1 Å². The summed E-state index contributed by atoms with van der Waals surface area (Å²) in [6.45, 7) is 4.16. The minimum absolute atomic E-state index is 0.660. The number of rotatable bonds is 3. The molecule has 2 rings (SSSR count). The standard InChI is InChI=1S/C14H14BrNO/c1-10-5-6-13(8-11(10)2)17-14-12(9-15)4-3-7-16-14/h3-8H,9H2,1-2H3. The number of halogens is 1. The van der Waals surface area contributed by atoms with Crippen LogP contribution in [0.3, 0.4) is 0 Å². The number of aryl methyl sites for hydroxylation is 2. The van der Waals surface area contributed by atoms with Crippen LogP contribution in [0.1, 0.15) is 16.7 Å². The number of hydrogen-bond acceptors (Lipinski definition) is 2. The second-order valence-corrected chi connectivity index (χ2v) is 4.51. The Balaban J connectivity index is 2.28. The Bertz CT molecular complexity index is 525. The van der Waals surface area contributed by atoms with Gasteiger partial charge < -0.3 is 4.74 Å². The molecule has 0 aliphatic rings. The molecule has 0 aliphatic carbocycles. The lowest BCUT2D eigenvalue weighted by Gasteiger charge is -2.09. The van der Waals surface area contributed by atoms with Gasteiger partial charge in [0, 0.05) is 17.1 Å². The number of nitrogens with zero attached hydrogens (tertiary/aromatic N) is 1. The van der Waals surface area contributed by atoms with E-state index in [9.17, 15) is 0 Å². The molecule has 1 heterocycles. The van der Waals surface area contributed by atoms with Crippen LogP contribution in [0.2, 0.25) is 0 Å². The van der Waals surface area contributed by atoms with Crippen LogP contribution in [0.5, 0.6) is 11.6 Å². The van der Waals surface area contributed by atoms with Crippen LogP contribution in [-0.4, -0.2) is 4.98 Å². The smallest absolute Gasteiger partial charge is 0.223 e. The average molecular weight is 292 g/mol. The van der Waals surface area contributed by atoms with E-state index in [0.717, 1.165) is 16.6 Å². The topological polar surface area (TPSA) is 22.1 Å². The molecule has 0 unspecified atom stereocenters. The Morgan fingerprint density at radius 3 is 2.71 bits per heavy atom. The number of ether oxygens (including phenoxy) is 1. The van der Waals surface area contributed by atoms with Crippen LogP contribution >= 0.6 is 15.9 Å². The summed E-state index contributed by atoms with van der Waals surface area (Å²) >= 11 is 3.43. The minimum atomic E-state index is 0.660. The molecule has 88 valence electrons. The summed E-state index contributed by atoms with van der Waals surface area (Å²) in [6, 6.07) is 9.96. The van der Waals surface area contributed by atoms with Gasteiger partial charge in [-0.05, 0) is 43.2 Å². The molecule has 0 fully saturated rings. The highest BCUT2D eigenvalue weighted by molar-refractivity contribution is 9.08. The molecule has 0 aliphatic heterocycles. The van der Waals surface area contributed by atoms with E-state index in [-0.39, 0.29) is 0 Å². The molecule has 1 aromatic carbocycles. The summed E-state index contributed by atoms with van der Waals surface area (Å²) in [6.07, 6.45) is 1.74. The zero-order valence-electron chi connectivity index (χ0n) is 9.90. The highest BCUT2D eigenvalue weighted by atomic mass is 79.9. The highest BCUT2D eigenvalue weighted by Gasteiger charge is 2.05. The summed E-state index contributed by atoms with van der Waals surface area (Å²) in [7, 11) is 0. The van der Waals surface area contributed by atoms with E-state index in [1.165, 1.54) is 11.1 Å². The van der Waals surface area contributed by atoms with Crippen LogP contribution < -0.4 is 4.74 Å². The van der Waals surface area contributed by atoms with Crippen molar-refractivity contribution in [3.63, 3.8) is 0 Å². The maximum Gasteiger partial charge on any atom is 0.223 e. The van der Waals surface area contributed by atoms with Crippen molar-refractivity contribution in [2.24, 2.45) is 0 Å². The molecule has 2 nitrogen and oxygen atoms in total. The fourth-order valence-corrected chi connectivity index (χ4v) is 1.93. The minimum Gasteiger partial charge on any atom is -0.439 e. The lowest BCUT2D eigenvalue weighted by atomic mass is 10.1. The number of aromatic nitrogens is 1. The van der Waals surface area contributed by atoms with Crippen molar-refractivity contribution in [2.75, 3.05) is 0 Å². The van der Waals surface area contributed by atoms with Crippen LogP contribution in [0, 0.1) is 13.8 Å². The van der Waals surface area contributed by atoms with E-state index in [2.05, 4.69) is 40.8 Å². The lowest BCUT2D eigenvalue weighted by molar-refractivity contribution is 0.458. The molecule has 3 heteroatoms. The van der Waals surface area contributed by atoms with Crippen molar-refractivity contribution in [3.05, 3.63) is 53.2 Å². The summed E-state index contributed by atoms with van der Waals surface area (Å²) in [5.74, 6) is 1.49. The quantitative estimate of drug-likeness (QED) is 0.783. The van der Waals surface area contributed by atoms with E-state index >= 15 is 0 Å². The van der Waals surface area contributed by atoms with Gasteiger partial charge >= 0.3 is 0 Å². The third-order valence-corrected chi connectivity index (χ3v) is 3.29. The van der Waals surface area contributed by atoms with E-state index in [1.54, 1.807) is 6.20 Å². The normalized spacial score (nSPS) is 10.3. The van der Waals surface area contributed by atoms with Crippen LogP contribution in [0.25, 0.3) is 0 Å². The molecular formula is C14H14BrNO. The fraction of sp³-hybridized carbons (Fsp3) is 0.214. The van der Waals surface area contributed by atoms with Gasteiger partial charge in [-0.25, -0.2) is 4.98 Å². The maximum absolute atomic E-state index is 5.80. The van der Waals surface area contributed by atoms with Gasteiger partial charge in [0.05, 0.1) is 0 Å². The van der Waals surface area contributed by atoms with Crippen molar-refractivity contribution in [1.82, 2.24) is 4.98 Å². The molecule has 0 atom stereocenters. The molecule has 17 heavy (non-hydrogen) atoms. The fourth-order valence-electron chi connectivity index (χ4n) is 1.51. The zero-order chi connectivity index (χ0) is 12.3. The molecule has 0 bridgehead atoms. The Morgan fingerprint density at radius 2 is 2.00 bits per heavy atom. The third-order valence-electron chi connectivity index (χ3n) is 2.69. The Hall–Kier alpha value is -1.35. The van der Waals surface area contributed by atoms with Crippen LogP contribution in [0.15, 0.2) is 36.5 Å². The Morgan fingerprint density at radius 1 is 1.18 bits per heavy atom. The van der Waals surface area contributed by atoms with Crippen molar-refractivity contribution in [2.45, 2.75) is 19.2 Å². The Labute approximate surface area is 110 Å². The van der Waals surface area contributed by atoms with E-state index in [0.29, 0.717) is 5.88 Å². The number of pyridine rings is 1. The molecule has 0 amide bonds. The van der Waals surface area contributed by atoms with Gasteiger partial charge in [-0.3, -0.25) is 0 Å². The number of hydrogen-bond donors (Lipinski definition) is 0. The molecule has 0 spiro atoms. The van der Waals surface area contributed by atoms with Gasteiger partial charge in [0.15, 0.2) is 0 Å². The third kappa shape index (κ3) is 2.86. The monoisotopic (exact) mass is 291 g/mol. The first-order valence-electron chi connectivity index (χ1n) is 5.45.